The van der Waals surface area contributed by atoms with Gasteiger partial charge in [0.05, 0.1) is 12.8 Å². The summed E-state index contributed by atoms with van der Waals surface area (Å²) in [6, 6.07) is 8.80. The van der Waals surface area contributed by atoms with Gasteiger partial charge in [0.25, 0.3) is 5.91 Å². The predicted molar refractivity (Wildman–Crippen MR) is 118 cm³/mol. The lowest BCUT2D eigenvalue weighted by Gasteiger charge is -2.38. The van der Waals surface area contributed by atoms with Gasteiger partial charge in [-0.05, 0) is 51.0 Å². The van der Waals surface area contributed by atoms with Crippen LogP contribution in [0, 0.1) is 0 Å². The van der Waals surface area contributed by atoms with Crippen molar-refractivity contribution in [1.29, 1.82) is 0 Å². The third-order valence-electron chi connectivity index (χ3n) is 5.14. The van der Waals surface area contributed by atoms with Crippen molar-refractivity contribution >= 4 is 17.4 Å². The number of ether oxygens (including phenoxy) is 1. The van der Waals surface area contributed by atoms with E-state index >= 15 is 0 Å². The van der Waals surface area contributed by atoms with Gasteiger partial charge >= 0.3 is 0 Å². The molecule has 1 aliphatic heterocycles. The average Bonchev–Trinajstić information content (AvgIpc) is 3.05. The first-order valence-corrected chi connectivity index (χ1v) is 10.3. The zero-order valence-corrected chi connectivity index (χ0v) is 18.7. The van der Waals surface area contributed by atoms with Crippen molar-refractivity contribution in [2.45, 2.75) is 52.2 Å². The highest BCUT2D eigenvalue weighted by atomic mass is 16.5. The maximum Gasteiger partial charge on any atom is 0.255 e. The van der Waals surface area contributed by atoms with Crippen LogP contribution in [0.4, 0.5) is 0 Å². The van der Waals surface area contributed by atoms with Gasteiger partial charge in [-0.3, -0.25) is 9.59 Å². The summed E-state index contributed by atoms with van der Waals surface area (Å²) < 4.78 is 7.18. The highest BCUT2D eigenvalue weighted by Gasteiger charge is 2.42. The van der Waals surface area contributed by atoms with Crippen LogP contribution in [0.3, 0.4) is 0 Å². The summed E-state index contributed by atoms with van der Waals surface area (Å²) >= 11 is 0. The normalized spacial score (nSPS) is 17.8. The molecule has 3 rings (SSSR count). The molecule has 0 saturated heterocycles. The molecule has 0 bridgehead atoms. The highest BCUT2D eigenvalue weighted by molar-refractivity contribution is 6.22. The van der Waals surface area contributed by atoms with E-state index in [-0.39, 0.29) is 11.8 Å². The topological polar surface area (TPSA) is 63.6 Å². The minimum atomic E-state index is -0.706. The number of aryl methyl sites for hydroxylation is 1. The van der Waals surface area contributed by atoms with Crippen molar-refractivity contribution in [2.75, 3.05) is 7.11 Å². The van der Waals surface area contributed by atoms with Crippen LogP contribution < -0.4 is 10.1 Å². The van der Waals surface area contributed by atoms with Gasteiger partial charge in [-0.2, -0.15) is 0 Å². The van der Waals surface area contributed by atoms with Gasteiger partial charge in [0.1, 0.15) is 5.75 Å². The minimum Gasteiger partial charge on any atom is -0.497 e. The summed E-state index contributed by atoms with van der Waals surface area (Å²) in [5.41, 5.74) is 2.86. The van der Waals surface area contributed by atoms with Crippen LogP contribution in [0.1, 0.15) is 57.0 Å². The lowest BCUT2D eigenvalue weighted by molar-refractivity contribution is -0.139. The van der Waals surface area contributed by atoms with E-state index in [2.05, 4.69) is 5.32 Å². The van der Waals surface area contributed by atoms with Crippen molar-refractivity contribution in [3.05, 3.63) is 59.4 Å². The number of nitrogens with one attached hydrogen (secondary N) is 1. The predicted octanol–water partition coefficient (Wildman–Crippen LogP) is 3.83. The number of carbonyl (C=O) groups excluding carboxylic acids is 2. The molecule has 0 fully saturated rings. The molecule has 0 radical (unpaired) electrons. The lowest BCUT2D eigenvalue weighted by atomic mass is 9.91. The van der Waals surface area contributed by atoms with E-state index in [1.54, 1.807) is 12.0 Å². The fourth-order valence-corrected chi connectivity index (χ4v) is 3.84. The van der Waals surface area contributed by atoms with Gasteiger partial charge in [-0.15, -0.1) is 0 Å². The first-order chi connectivity index (χ1) is 14.2. The number of hydrogen-bond donors (Lipinski definition) is 1. The molecule has 1 N–H and O–H groups in total. The number of allylic oxidation sites excluding steroid dienone is 1. The van der Waals surface area contributed by atoms with Crippen molar-refractivity contribution in [2.24, 2.45) is 7.05 Å². The van der Waals surface area contributed by atoms with Gasteiger partial charge < -0.3 is 19.5 Å². The second kappa shape index (κ2) is 8.38. The van der Waals surface area contributed by atoms with Crippen LogP contribution in [0.2, 0.25) is 0 Å². The Balaban J connectivity index is 2.09. The first-order valence-electron chi connectivity index (χ1n) is 10.3. The number of rotatable bonds is 5. The molecule has 1 unspecified atom stereocenters. The number of nitrogens with zero attached hydrogens (tertiary/aromatic N) is 2. The Hall–Kier alpha value is -3.02. The van der Waals surface area contributed by atoms with Crippen LogP contribution in [-0.4, -0.2) is 33.9 Å². The summed E-state index contributed by atoms with van der Waals surface area (Å²) in [7, 11) is 3.54. The quantitative estimate of drug-likeness (QED) is 0.764. The number of carbonyl (C=O) groups is 2. The molecule has 2 amide bonds. The summed E-state index contributed by atoms with van der Waals surface area (Å²) in [5.74, 6) is 0.449. The fraction of sp³-hybridized carbons (Fsp3) is 0.417. The number of hydrogen-bond acceptors (Lipinski definition) is 3. The molecular weight excluding hydrogens is 378 g/mol. The lowest BCUT2D eigenvalue weighted by Crippen LogP contribution is -2.51. The third kappa shape index (κ3) is 4.27. The summed E-state index contributed by atoms with van der Waals surface area (Å²) in [4.78, 5) is 28.6. The van der Waals surface area contributed by atoms with E-state index in [4.69, 9.17) is 4.74 Å². The first kappa shape index (κ1) is 21.7. The van der Waals surface area contributed by atoms with Gasteiger partial charge in [-0.1, -0.05) is 25.1 Å². The smallest absolute Gasteiger partial charge is 0.255 e. The van der Waals surface area contributed by atoms with E-state index in [0.29, 0.717) is 12.1 Å². The Labute approximate surface area is 178 Å². The molecule has 160 valence electrons. The maximum atomic E-state index is 13.5. The maximum absolute atomic E-state index is 13.5. The van der Waals surface area contributed by atoms with Crippen LogP contribution in [0.25, 0.3) is 5.57 Å². The van der Waals surface area contributed by atoms with Crippen molar-refractivity contribution in [1.82, 2.24) is 14.8 Å². The molecular formula is C24H31N3O3. The van der Waals surface area contributed by atoms with E-state index < -0.39 is 11.6 Å². The molecule has 1 aromatic heterocycles. The molecule has 1 atom stereocenters. The number of fused-ring (bicyclic) bond motifs is 1. The molecule has 1 aliphatic rings. The average molecular weight is 410 g/mol. The summed E-state index contributed by atoms with van der Waals surface area (Å²) in [5, 5.41) is 3.06. The summed E-state index contributed by atoms with van der Waals surface area (Å²) in [6.45, 7) is 8.17. The van der Waals surface area contributed by atoms with Crippen LogP contribution in [-0.2, 0) is 23.2 Å². The SMILES string of the molecule is CC/C=C1\C(=O)N(Cc2ccc(OC)cc2)C(C(=O)NC(C)(C)C)c2c1ccn2C. The molecule has 1 aromatic carbocycles. The van der Waals surface area contributed by atoms with Crippen LogP contribution in [0.15, 0.2) is 42.6 Å². The fourth-order valence-electron chi connectivity index (χ4n) is 3.84. The van der Waals surface area contributed by atoms with Gasteiger partial charge in [0.15, 0.2) is 6.04 Å². The van der Waals surface area contributed by atoms with Crippen molar-refractivity contribution in [3.63, 3.8) is 0 Å². The van der Waals surface area contributed by atoms with E-state index in [9.17, 15) is 9.59 Å². The van der Waals surface area contributed by atoms with E-state index in [1.165, 1.54) is 0 Å². The number of aromatic nitrogens is 1. The number of benzene rings is 1. The molecule has 0 spiro atoms. The van der Waals surface area contributed by atoms with Crippen molar-refractivity contribution < 1.29 is 14.3 Å². The van der Waals surface area contributed by atoms with Gasteiger partial charge in [-0.25, -0.2) is 0 Å². The zero-order chi connectivity index (χ0) is 22.1. The largest absolute Gasteiger partial charge is 0.497 e. The van der Waals surface area contributed by atoms with Crippen LogP contribution in [0.5, 0.6) is 5.75 Å². The molecule has 2 heterocycles. The Bertz CT molecular complexity index is 965. The van der Waals surface area contributed by atoms with Gasteiger partial charge in [0, 0.05) is 36.5 Å². The molecule has 2 aromatic rings. The van der Waals surface area contributed by atoms with E-state index in [0.717, 1.165) is 29.0 Å². The third-order valence-corrected chi connectivity index (χ3v) is 5.14. The van der Waals surface area contributed by atoms with E-state index in [1.807, 2.05) is 81.9 Å². The molecule has 0 saturated carbocycles. The standard InChI is InChI=1S/C24H31N3O3/c1-7-8-19-18-13-14-26(5)20(18)21(22(28)25-24(2,3)4)27(23(19)29)15-16-9-11-17(30-6)12-10-16/h8-14,21H,7,15H2,1-6H3,(H,25,28)/b19-8-. The zero-order valence-electron chi connectivity index (χ0n) is 18.7. The highest BCUT2D eigenvalue weighted by Crippen LogP contribution is 2.38. The molecule has 0 aliphatic carbocycles. The Kier molecular flexibility index (Phi) is 6.06. The van der Waals surface area contributed by atoms with Crippen LogP contribution >= 0.6 is 0 Å². The van der Waals surface area contributed by atoms with Gasteiger partial charge in [0.2, 0.25) is 5.91 Å². The second-order valence-corrected chi connectivity index (χ2v) is 8.67. The Morgan fingerprint density at radius 2 is 1.87 bits per heavy atom. The van der Waals surface area contributed by atoms with Crippen molar-refractivity contribution in [3.8, 4) is 5.75 Å². The molecule has 6 heteroatoms. The number of amides is 2. The monoisotopic (exact) mass is 409 g/mol. The molecule has 30 heavy (non-hydrogen) atoms. The number of methoxy groups -OCH3 is 1. The Morgan fingerprint density at radius 1 is 1.20 bits per heavy atom. The second-order valence-electron chi connectivity index (χ2n) is 8.67. The Morgan fingerprint density at radius 3 is 2.43 bits per heavy atom. The molecule has 6 nitrogen and oxygen atoms in total. The summed E-state index contributed by atoms with van der Waals surface area (Å²) in [6.07, 6.45) is 4.60. The minimum absolute atomic E-state index is 0.125.